The second-order valence-electron chi connectivity index (χ2n) is 5.17. The highest BCUT2D eigenvalue weighted by Gasteiger charge is 2.22. The maximum atomic E-state index is 11.9. The molecule has 6 heteroatoms. The summed E-state index contributed by atoms with van der Waals surface area (Å²) in [5, 5.41) is 10.3. The average Bonchev–Trinajstić information content (AvgIpc) is 2.93. The molecule has 0 radical (unpaired) electrons. The summed E-state index contributed by atoms with van der Waals surface area (Å²) in [6, 6.07) is 7.13. The molecule has 0 saturated carbocycles. The van der Waals surface area contributed by atoms with Gasteiger partial charge in [-0.05, 0) is 23.8 Å². The van der Waals surface area contributed by atoms with Crippen LogP contribution >= 0.6 is 23.2 Å². The fourth-order valence-electron chi connectivity index (χ4n) is 1.80. The smallest absolute Gasteiger partial charge is 0.269 e. The van der Waals surface area contributed by atoms with E-state index in [4.69, 9.17) is 23.2 Å². The van der Waals surface area contributed by atoms with Gasteiger partial charge in [0, 0.05) is 18.2 Å². The van der Waals surface area contributed by atoms with Crippen LogP contribution in [-0.2, 0) is 5.41 Å². The average molecular weight is 312 g/mol. The SMILES string of the molecule is CC(C)(CNC(=O)c1ccn[nH]1)c1ccc(Cl)c(Cl)c1. The van der Waals surface area contributed by atoms with E-state index < -0.39 is 0 Å². The second kappa shape index (κ2) is 5.85. The highest BCUT2D eigenvalue weighted by atomic mass is 35.5. The molecule has 106 valence electrons. The van der Waals surface area contributed by atoms with Gasteiger partial charge >= 0.3 is 0 Å². The molecule has 1 aromatic heterocycles. The van der Waals surface area contributed by atoms with Crippen molar-refractivity contribution in [2.45, 2.75) is 19.3 Å². The van der Waals surface area contributed by atoms with E-state index >= 15 is 0 Å². The van der Waals surface area contributed by atoms with E-state index in [1.807, 2.05) is 26.0 Å². The molecule has 0 unspecified atom stereocenters. The van der Waals surface area contributed by atoms with Crippen LogP contribution in [0, 0.1) is 0 Å². The number of nitrogens with zero attached hydrogens (tertiary/aromatic N) is 1. The molecule has 2 rings (SSSR count). The predicted molar refractivity (Wildman–Crippen MR) is 80.4 cm³/mol. The van der Waals surface area contributed by atoms with Gasteiger partial charge in [-0.2, -0.15) is 5.10 Å². The van der Waals surface area contributed by atoms with Crippen molar-refractivity contribution in [1.82, 2.24) is 15.5 Å². The molecule has 0 atom stereocenters. The van der Waals surface area contributed by atoms with Crippen LogP contribution in [0.1, 0.15) is 29.9 Å². The largest absolute Gasteiger partial charge is 0.350 e. The van der Waals surface area contributed by atoms with Crippen LogP contribution < -0.4 is 5.32 Å². The molecule has 0 bridgehead atoms. The topological polar surface area (TPSA) is 57.8 Å². The highest BCUT2D eigenvalue weighted by molar-refractivity contribution is 6.42. The Morgan fingerprint density at radius 1 is 1.30 bits per heavy atom. The van der Waals surface area contributed by atoms with Gasteiger partial charge in [0.15, 0.2) is 0 Å². The number of H-pyrrole nitrogens is 1. The number of amides is 1. The zero-order valence-electron chi connectivity index (χ0n) is 11.2. The van der Waals surface area contributed by atoms with Gasteiger partial charge in [-0.15, -0.1) is 0 Å². The Balaban J connectivity index is 2.07. The quantitative estimate of drug-likeness (QED) is 0.909. The second-order valence-corrected chi connectivity index (χ2v) is 5.98. The van der Waals surface area contributed by atoms with E-state index in [2.05, 4.69) is 15.5 Å². The number of aromatic amines is 1. The zero-order chi connectivity index (χ0) is 14.8. The number of hydrogen-bond donors (Lipinski definition) is 2. The Bertz CT molecular complexity index is 609. The van der Waals surface area contributed by atoms with Crippen molar-refractivity contribution in [2.24, 2.45) is 0 Å². The molecule has 1 heterocycles. The minimum absolute atomic E-state index is 0.185. The number of nitrogens with one attached hydrogen (secondary N) is 2. The van der Waals surface area contributed by atoms with Crippen molar-refractivity contribution in [3.63, 3.8) is 0 Å². The van der Waals surface area contributed by atoms with Crippen molar-refractivity contribution in [3.8, 4) is 0 Å². The first-order valence-electron chi connectivity index (χ1n) is 6.13. The maximum absolute atomic E-state index is 11.9. The van der Waals surface area contributed by atoms with Gasteiger partial charge in [-0.3, -0.25) is 9.89 Å². The molecule has 0 aliphatic carbocycles. The predicted octanol–water partition coefficient (Wildman–Crippen LogP) is 3.42. The molecule has 0 aliphatic rings. The van der Waals surface area contributed by atoms with Crippen molar-refractivity contribution in [3.05, 3.63) is 51.8 Å². The number of hydrogen-bond acceptors (Lipinski definition) is 2. The lowest BCUT2D eigenvalue weighted by Gasteiger charge is -2.26. The Labute approximate surface area is 127 Å². The monoisotopic (exact) mass is 311 g/mol. The van der Waals surface area contributed by atoms with E-state index in [0.717, 1.165) is 5.56 Å². The first-order valence-corrected chi connectivity index (χ1v) is 6.89. The van der Waals surface area contributed by atoms with E-state index in [0.29, 0.717) is 22.3 Å². The van der Waals surface area contributed by atoms with Gasteiger partial charge in [0.1, 0.15) is 5.69 Å². The van der Waals surface area contributed by atoms with E-state index in [-0.39, 0.29) is 11.3 Å². The van der Waals surface area contributed by atoms with Crippen molar-refractivity contribution >= 4 is 29.1 Å². The van der Waals surface area contributed by atoms with Crippen LogP contribution in [0.4, 0.5) is 0 Å². The third-order valence-corrected chi connectivity index (χ3v) is 3.88. The van der Waals surface area contributed by atoms with Crippen molar-refractivity contribution in [2.75, 3.05) is 6.54 Å². The van der Waals surface area contributed by atoms with Gasteiger partial charge in [0.25, 0.3) is 5.91 Å². The lowest BCUT2D eigenvalue weighted by molar-refractivity contribution is 0.0940. The van der Waals surface area contributed by atoms with Crippen LogP contribution in [-0.4, -0.2) is 22.6 Å². The summed E-state index contributed by atoms with van der Waals surface area (Å²) < 4.78 is 0. The highest BCUT2D eigenvalue weighted by Crippen LogP contribution is 2.29. The summed E-state index contributed by atoms with van der Waals surface area (Å²) >= 11 is 11.9. The third kappa shape index (κ3) is 3.32. The van der Waals surface area contributed by atoms with Crippen molar-refractivity contribution < 1.29 is 4.79 Å². The van der Waals surface area contributed by atoms with Gasteiger partial charge in [-0.25, -0.2) is 0 Å². The molecule has 0 saturated heterocycles. The molecule has 0 fully saturated rings. The first kappa shape index (κ1) is 14.9. The molecular formula is C14H15Cl2N3O. The number of rotatable bonds is 4. The summed E-state index contributed by atoms with van der Waals surface area (Å²) in [6.45, 7) is 4.53. The Kier molecular flexibility index (Phi) is 4.35. The molecule has 1 amide bonds. The van der Waals surface area contributed by atoms with Crippen LogP contribution in [0.3, 0.4) is 0 Å². The Morgan fingerprint density at radius 3 is 2.65 bits per heavy atom. The van der Waals surface area contributed by atoms with Gasteiger partial charge in [0.2, 0.25) is 0 Å². The summed E-state index contributed by atoms with van der Waals surface area (Å²) in [7, 11) is 0. The number of carbonyl (C=O) groups is 1. The zero-order valence-corrected chi connectivity index (χ0v) is 12.7. The normalized spacial score (nSPS) is 11.4. The van der Waals surface area contributed by atoms with Crippen molar-refractivity contribution in [1.29, 1.82) is 0 Å². The maximum Gasteiger partial charge on any atom is 0.269 e. The standard InChI is InChI=1S/C14H15Cl2N3O/c1-14(2,9-3-4-10(15)11(16)7-9)8-17-13(20)12-5-6-18-19-12/h3-7H,8H2,1-2H3,(H,17,20)(H,18,19). The molecule has 2 N–H and O–H groups in total. The summed E-state index contributed by atoms with van der Waals surface area (Å²) in [5.41, 5.74) is 1.19. The fraction of sp³-hybridized carbons (Fsp3) is 0.286. The molecule has 0 spiro atoms. The summed E-state index contributed by atoms with van der Waals surface area (Å²) in [6.07, 6.45) is 1.54. The van der Waals surface area contributed by atoms with Gasteiger partial charge in [-0.1, -0.05) is 43.1 Å². The first-order chi connectivity index (χ1) is 9.40. The molecule has 1 aromatic carbocycles. The van der Waals surface area contributed by atoms with Crippen LogP contribution in [0.15, 0.2) is 30.5 Å². The van der Waals surface area contributed by atoms with Crippen LogP contribution in [0.2, 0.25) is 10.0 Å². The van der Waals surface area contributed by atoms with Gasteiger partial charge in [0.05, 0.1) is 10.0 Å². The Hall–Kier alpha value is -1.52. The van der Waals surface area contributed by atoms with E-state index in [9.17, 15) is 4.79 Å². The van der Waals surface area contributed by atoms with E-state index in [1.54, 1.807) is 18.3 Å². The number of benzene rings is 1. The minimum atomic E-state index is -0.260. The Morgan fingerprint density at radius 2 is 2.05 bits per heavy atom. The minimum Gasteiger partial charge on any atom is -0.350 e. The number of halogens is 2. The molecule has 4 nitrogen and oxygen atoms in total. The molecular weight excluding hydrogens is 297 g/mol. The van der Waals surface area contributed by atoms with Gasteiger partial charge < -0.3 is 5.32 Å². The molecule has 20 heavy (non-hydrogen) atoms. The molecule has 2 aromatic rings. The fourth-order valence-corrected chi connectivity index (χ4v) is 2.10. The number of aromatic nitrogens is 2. The van der Waals surface area contributed by atoms with E-state index in [1.165, 1.54) is 0 Å². The summed E-state index contributed by atoms with van der Waals surface area (Å²) in [5.74, 6) is -0.185. The van der Waals surface area contributed by atoms with Crippen LogP contribution in [0.5, 0.6) is 0 Å². The molecule has 0 aliphatic heterocycles. The lowest BCUT2D eigenvalue weighted by Crippen LogP contribution is -2.36. The lowest BCUT2D eigenvalue weighted by atomic mass is 9.84. The summed E-state index contributed by atoms with van der Waals surface area (Å²) in [4.78, 5) is 11.9. The van der Waals surface area contributed by atoms with Crippen LogP contribution in [0.25, 0.3) is 0 Å². The number of carbonyl (C=O) groups excluding carboxylic acids is 1. The third-order valence-electron chi connectivity index (χ3n) is 3.14.